The summed E-state index contributed by atoms with van der Waals surface area (Å²) in [6.07, 6.45) is 0. The summed E-state index contributed by atoms with van der Waals surface area (Å²) in [5.74, 6) is -0.412. The number of halogens is 2. The largest absolute Gasteiger partial charge is 0.397 e. The molecule has 0 atom stereocenters. The van der Waals surface area contributed by atoms with E-state index in [4.69, 9.17) is 17.2 Å². The van der Waals surface area contributed by atoms with Gasteiger partial charge in [-0.2, -0.15) is 0 Å². The molecule has 0 bridgehead atoms. The van der Waals surface area contributed by atoms with Gasteiger partial charge in [-0.15, -0.1) is 0 Å². The minimum Gasteiger partial charge on any atom is -0.397 e. The van der Waals surface area contributed by atoms with Gasteiger partial charge < -0.3 is 17.2 Å². The first-order chi connectivity index (χ1) is 6.37. The lowest BCUT2D eigenvalue weighted by Gasteiger charge is -2.17. The van der Waals surface area contributed by atoms with Crippen molar-refractivity contribution in [2.45, 2.75) is 19.8 Å². The average Bonchev–Trinajstić information content (AvgIpc) is 2.11. The highest BCUT2D eigenvalue weighted by Crippen LogP contribution is 2.38. The molecule has 1 rings (SSSR count). The molecule has 0 aliphatic carbocycles. The fourth-order valence-corrected chi connectivity index (χ4v) is 1.97. The Morgan fingerprint density at radius 3 is 2.00 bits per heavy atom. The molecular weight excluding hydrogens is 296 g/mol. The van der Waals surface area contributed by atoms with Crippen molar-refractivity contribution in [1.29, 1.82) is 0 Å². The van der Waals surface area contributed by atoms with Crippen LogP contribution in [0.1, 0.15) is 25.3 Å². The Bertz CT molecular complexity index is 348. The summed E-state index contributed by atoms with van der Waals surface area (Å²) in [7, 11) is 0. The van der Waals surface area contributed by atoms with Crippen molar-refractivity contribution in [3.05, 3.63) is 15.0 Å². The molecule has 5 heteroatoms. The second-order valence-corrected chi connectivity index (χ2v) is 4.52. The third-order valence-corrected chi connectivity index (χ3v) is 3.17. The minimum atomic E-state index is -0.471. The second kappa shape index (κ2) is 3.80. The number of rotatable bonds is 1. The first-order valence-corrected chi connectivity index (χ1v) is 5.27. The monoisotopic (exact) mass is 309 g/mol. The van der Waals surface area contributed by atoms with Crippen molar-refractivity contribution in [1.82, 2.24) is 0 Å². The number of benzene rings is 1. The summed E-state index contributed by atoms with van der Waals surface area (Å²) in [6.45, 7) is 3.79. The third kappa shape index (κ3) is 1.60. The Morgan fingerprint density at radius 2 is 1.57 bits per heavy atom. The molecule has 0 aliphatic heterocycles. The molecule has 0 radical (unpaired) electrons. The van der Waals surface area contributed by atoms with Crippen molar-refractivity contribution in [2.24, 2.45) is 0 Å². The minimum absolute atomic E-state index is 0.0591. The molecule has 0 saturated heterocycles. The SMILES string of the molecule is CC(C)c1c(N)c(N)c(I)c(F)c1N. The van der Waals surface area contributed by atoms with Crippen LogP contribution in [0.15, 0.2) is 0 Å². The quantitative estimate of drug-likeness (QED) is 0.550. The molecule has 78 valence electrons. The van der Waals surface area contributed by atoms with Crippen LogP contribution in [-0.2, 0) is 0 Å². The van der Waals surface area contributed by atoms with E-state index in [1.807, 2.05) is 13.8 Å². The van der Waals surface area contributed by atoms with Gasteiger partial charge in [0.1, 0.15) is 0 Å². The van der Waals surface area contributed by atoms with E-state index in [0.717, 1.165) is 0 Å². The summed E-state index contributed by atoms with van der Waals surface area (Å²) in [4.78, 5) is 0. The van der Waals surface area contributed by atoms with Gasteiger partial charge in [0.05, 0.1) is 20.6 Å². The first kappa shape index (κ1) is 11.4. The van der Waals surface area contributed by atoms with Gasteiger partial charge in [-0.1, -0.05) is 13.8 Å². The van der Waals surface area contributed by atoms with Crippen LogP contribution in [0.4, 0.5) is 21.5 Å². The molecule has 0 saturated carbocycles. The van der Waals surface area contributed by atoms with Crippen LogP contribution in [0.2, 0.25) is 0 Å². The van der Waals surface area contributed by atoms with E-state index in [9.17, 15) is 4.39 Å². The van der Waals surface area contributed by atoms with Crippen LogP contribution >= 0.6 is 22.6 Å². The molecule has 0 unspecified atom stereocenters. The molecule has 0 aliphatic rings. The standard InChI is InChI=1S/C9H13FIN3/c1-3(2)4-7(12)5(10)6(11)9(14)8(4)13/h3H,12-14H2,1-2H3. The summed E-state index contributed by atoms with van der Waals surface area (Å²) < 4.78 is 13.8. The van der Waals surface area contributed by atoms with Gasteiger partial charge in [-0.25, -0.2) is 4.39 Å². The van der Waals surface area contributed by atoms with Crippen LogP contribution < -0.4 is 17.2 Å². The van der Waals surface area contributed by atoms with Crippen LogP contribution in [0, 0.1) is 9.39 Å². The molecule has 0 heterocycles. The summed E-state index contributed by atoms with van der Waals surface area (Å²) in [5.41, 5.74) is 18.5. The molecule has 0 aromatic heterocycles. The maximum absolute atomic E-state index is 13.5. The van der Waals surface area contributed by atoms with Crippen molar-refractivity contribution in [3.8, 4) is 0 Å². The van der Waals surface area contributed by atoms with Gasteiger partial charge in [-0.05, 0) is 28.5 Å². The second-order valence-electron chi connectivity index (χ2n) is 3.44. The van der Waals surface area contributed by atoms with Crippen LogP contribution in [0.3, 0.4) is 0 Å². The summed E-state index contributed by atoms with van der Waals surface area (Å²) in [5, 5.41) is 0. The van der Waals surface area contributed by atoms with Crippen LogP contribution in [-0.4, -0.2) is 0 Å². The highest BCUT2D eigenvalue weighted by atomic mass is 127. The van der Waals surface area contributed by atoms with Gasteiger partial charge in [-0.3, -0.25) is 0 Å². The molecule has 0 fully saturated rings. The van der Waals surface area contributed by atoms with E-state index in [0.29, 0.717) is 14.8 Å². The van der Waals surface area contributed by atoms with E-state index in [-0.39, 0.29) is 17.3 Å². The van der Waals surface area contributed by atoms with Crippen LogP contribution in [0.5, 0.6) is 0 Å². The average molecular weight is 309 g/mol. The number of nitrogens with two attached hydrogens (primary N) is 3. The van der Waals surface area contributed by atoms with E-state index in [2.05, 4.69) is 0 Å². The summed E-state index contributed by atoms with van der Waals surface area (Å²) >= 11 is 1.80. The fraction of sp³-hybridized carbons (Fsp3) is 0.333. The van der Waals surface area contributed by atoms with E-state index in [1.165, 1.54) is 0 Å². The number of anilines is 3. The predicted molar refractivity (Wildman–Crippen MR) is 66.4 cm³/mol. The molecule has 1 aromatic carbocycles. The lowest BCUT2D eigenvalue weighted by molar-refractivity contribution is 0.622. The highest BCUT2D eigenvalue weighted by Gasteiger charge is 2.19. The highest BCUT2D eigenvalue weighted by molar-refractivity contribution is 14.1. The lowest BCUT2D eigenvalue weighted by atomic mass is 9.98. The first-order valence-electron chi connectivity index (χ1n) is 4.19. The van der Waals surface area contributed by atoms with Crippen molar-refractivity contribution in [3.63, 3.8) is 0 Å². The zero-order valence-corrected chi connectivity index (χ0v) is 10.2. The molecule has 0 spiro atoms. The molecule has 14 heavy (non-hydrogen) atoms. The fourth-order valence-electron chi connectivity index (χ4n) is 1.39. The Morgan fingerprint density at radius 1 is 1.07 bits per heavy atom. The zero-order valence-electron chi connectivity index (χ0n) is 8.07. The Hall–Kier alpha value is -0.720. The smallest absolute Gasteiger partial charge is 0.161 e. The van der Waals surface area contributed by atoms with Crippen molar-refractivity contribution >= 4 is 39.7 Å². The van der Waals surface area contributed by atoms with Gasteiger partial charge in [0.25, 0.3) is 0 Å². The zero-order chi connectivity index (χ0) is 11.0. The Kier molecular flexibility index (Phi) is 3.08. The Labute approximate surface area is 96.0 Å². The third-order valence-electron chi connectivity index (χ3n) is 2.11. The van der Waals surface area contributed by atoms with Gasteiger partial charge in [0.2, 0.25) is 0 Å². The van der Waals surface area contributed by atoms with Crippen molar-refractivity contribution in [2.75, 3.05) is 17.2 Å². The molecule has 1 aromatic rings. The molecule has 6 N–H and O–H groups in total. The van der Waals surface area contributed by atoms with Crippen LogP contribution in [0.25, 0.3) is 0 Å². The number of hydrogen-bond acceptors (Lipinski definition) is 3. The van der Waals surface area contributed by atoms with E-state index in [1.54, 1.807) is 22.6 Å². The molecular formula is C9H13FIN3. The number of nitrogen functional groups attached to an aromatic ring is 3. The lowest BCUT2D eigenvalue weighted by Crippen LogP contribution is -2.10. The predicted octanol–water partition coefficient (Wildman–Crippen LogP) is 2.30. The molecule has 0 amide bonds. The van der Waals surface area contributed by atoms with E-state index < -0.39 is 5.82 Å². The normalized spacial score (nSPS) is 10.9. The maximum Gasteiger partial charge on any atom is 0.161 e. The summed E-state index contributed by atoms with van der Waals surface area (Å²) in [6, 6.07) is 0. The van der Waals surface area contributed by atoms with Gasteiger partial charge in [0.15, 0.2) is 5.82 Å². The van der Waals surface area contributed by atoms with E-state index >= 15 is 0 Å². The maximum atomic E-state index is 13.5. The van der Waals surface area contributed by atoms with Gasteiger partial charge in [0, 0.05) is 5.56 Å². The van der Waals surface area contributed by atoms with Crippen molar-refractivity contribution < 1.29 is 4.39 Å². The number of hydrogen-bond donors (Lipinski definition) is 3. The molecule has 3 nitrogen and oxygen atoms in total. The topological polar surface area (TPSA) is 78.1 Å². The Balaban J connectivity index is 3.60. The van der Waals surface area contributed by atoms with Gasteiger partial charge >= 0.3 is 0 Å².